The van der Waals surface area contributed by atoms with Crippen LogP contribution in [0.4, 0.5) is 5.69 Å². The van der Waals surface area contributed by atoms with E-state index in [4.69, 9.17) is 15.2 Å². The van der Waals surface area contributed by atoms with Crippen LogP contribution >= 0.6 is 0 Å². The molecule has 0 fully saturated rings. The number of hydrogen-bond donors (Lipinski definition) is 1. The largest absolute Gasteiger partial charge is 0.454 e. The predicted octanol–water partition coefficient (Wildman–Crippen LogP) is 1.20. The molecule has 0 aromatic heterocycles. The zero-order valence-electron chi connectivity index (χ0n) is 8.90. The summed E-state index contributed by atoms with van der Waals surface area (Å²) in [6.07, 6.45) is 0. The van der Waals surface area contributed by atoms with Crippen LogP contribution in [0.2, 0.25) is 0 Å². The van der Waals surface area contributed by atoms with E-state index in [0.29, 0.717) is 13.3 Å². The van der Waals surface area contributed by atoms with Crippen molar-refractivity contribution in [1.29, 1.82) is 0 Å². The van der Waals surface area contributed by atoms with Crippen molar-refractivity contribution in [3.05, 3.63) is 18.2 Å². The third-order valence-electron chi connectivity index (χ3n) is 2.50. The molecule has 4 heteroatoms. The maximum absolute atomic E-state index is 5.56. The number of fused-ring (bicyclic) bond motifs is 1. The molecule has 0 aliphatic carbocycles. The zero-order valence-corrected chi connectivity index (χ0v) is 8.90. The molecule has 1 aliphatic heterocycles. The number of anilines is 1. The molecular weight excluding hydrogens is 192 g/mol. The normalized spacial score (nSPS) is 12.9. The topological polar surface area (TPSA) is 47.7 Å². The molecule has 4 nitrogen and oxygen atoms in total. The van der Waals surface area contributed by atoms with E-state index in [0.717, 1.165) is 30.3 Å². The summed E-state index contributed by atoms with van der Waals surface area (Å²) >= 11 is 0. The van der Waals surface area contributed by atoms with Gasteiger partial charge in [0.25, 0.3) is 0 Å². The highest BCUT2D eigenvalue weighted by Gasteiger charge is 2.14. The van der Waals surface area contributed by atoms with E-state index in [-0.39, 0.29) is 0 Å². The van der Waals surface area contributed by atoms with Gasteiger partial charge in [-0.2, -0.15) is 0 Å². The van der Waals surface area contributed by atoms with Crippen LogP contribution in [-0.4, -0.2) is 26.4 Å². The predicted molar refractivity (Wildman–Crippen MR) is 59.5 cm³/mol. The summed E-state index contributed by atoms with van der Waals surface area (Å²) in [6, 6.07) is 5.98. The maximum atomic E-state index is 5.56. The number of nitrogens with two attached hydrogens (primary N) is 1. The summed E-state index contributed by atoms with van der Waals surface area (Å²) in [5, 5.41) is 0. The lowest BCUT2D eigenvalue weighted by Crippen LogP contribution is -2.28. The Balaban J connectivity index is 2.20. The van der Waals surface area contributed by atoms with Gasteiger partial charge in [-0.05, 0) is 19.1 Å². The van der Waals surface area contributed by atoms with Gasteiger partial charge in [0.15, 0.2) is 11.5 Å². The minimum atomic E-state index is 0.321. The Labute approximate surface area is 89.6 Å². The first-order valence-corrected chi connectivity index (χ1v) is 5.20. The zero-order chi connectivity index (χ0) is 10.7. The Morgan fingerprint density at radius 3 is 2.87 bits per heavy atom. The summed E-state index contributed by atoms with van der Waals surface area (Å²) < 4.78 is 10.6. The van der Waals surface area contributed by atoms with Crippen molar-refractivity contribution in [2.45, 2.75) is 6.92 Å². The van der Waals surface area contributed by atoms with Crippen molar-refractivity contribution < 1.29 is 9.47 Å². The highest BCUT2D eigenvalue weighted by Crippen LogP contribution is 2.35. The second-order valence-electron chi connectivity index (χ2n) is 3.41. The molecule has 1 aliphatic rings. The van der Waals surface area contributed by atoms with Crippen LogP contribution in [0.5, 0.6) is 11.5 Å². The number of nitrogens with zero attached hydrogens (tertiary/aromatic N) is 1. The lowest BCUT2D eigenvalue weighted by Gasteiger charge is -2.22. The van der Waals surface area contributed by atoms with Crippen LogP contribution in [0.25, 0.3) is 0 Å². The Hall–Kier alpha value is -1.42. The average molecular weight is 208 g/mol. The molecular formula is C11H16N2O2. The van der Waals surface area contributed by atoms with Crippen LogP contribution < -0.4 is 20.1 Å². The third kappa shape index (κ3) is 1.99. The van der Waals surface area contributed by atoms with Gasteiger partial charge in [-0.25, -0.2) is 0 Å². The van der Waals surface area contributed by atoms with Crippen molar-refractivity contribution >= 4 is 5.69 Å². The molecule has 0 radical (unpaired) electrons. The van der Waals surface area contributed by atoms with Crippen molar-refractivity contribution in [1.82, 2.24) is 0 Å². The molecule has 1 aromatic rings. The first-order chi connectivity index (χ1) is 7.35. The third-order valence-corrected chi connectivity index (χ3v) is 2.50. The molecule has 0 bridgehead atoms. The second kappa shape index (κ2) is 4.40. The fourth-order valence-electron chi connectivity index (χ4n) is 1.71. The molecule has 1 aromatic carbocycles. The van der Waals surface area contributed by atoms with Crippen molar-refractivity contribution in [2.24, 2.45) is 5.73 Å². The van der Waals surface area contributed by atoms with Crippen molar-refractivity contribution in [2.75, 3.05) is 31.3 Å². The van der Waals surface area contributed by atoms with Crippen LogP contribution in [0.1, 0.15) is 6.92 Å². The summed E-state index contributed by atoms with van der Waals surface area (Å²) in [6.45, 7) is 4.89. The summed E-state index contributed by atoms with van der Waals surface area (Å²) in [7, 11) is 0. The van der Waals surface area contributed by atoms with Gasteiger partial charge >= 0.3 is 0 Å². The number of benzene rings is 1. The standard InChI is InChI=1S/C11H16N2O2/c1-2-13(6-5-12)9-3-4-10-11(7-9)15-8-14-10/h3-4,7H,2,5-6,8,12H2,1H3. The smallest absolute Gasteiger partial charge is 0.231 e. The van der Waals surface area contributed by atoms with Crippen LogP contribution in [0.3, 0.4) is 0 Å². The number of ether oxygens (including phenoxy) is 2. The molecule has 1 heterocycles. The van der Waals surface area contributed by atoms with Crippen LogP contribution in [0, 0.1) is 0 Å². The summed E-state index contributed by atoms with van der Waals surface area (Å²) in [5.41, 5.74) is 6.69. The van der Waals surface area contributed by atoms with Crippen molar-refractivity contribution in [3.63, 3.8) is 0 Å². The minimum Gasteiger partial charge on any atom is -0.454 e. The monoisotopic (exact) mass is 208 g/mol. The van der Waals surface area contributed by atoms with E-state index in [1.165, 1.54) is 0 Å². The van der Waals surface area contributed by atoms with E-state index in [9.17, 15) is 0 Å². The lowest BCUT2D eigenvalue weighted by molar-refractivity contribution is 0.174. The highest BCUT2D eigenvalue weighted by molar-refractivity contribution is 5.57. The number of likely N-dealkylation sites (N-methyl/N-ethyl adjacent to an activating group) is 1. The number of rotatable bonds is 4. The molecule has 15 heavy (non-hydrogen) atoms. The molecule has 0 saturated carbocycles. The van der Waals surface area contributed by atoms with Crippen molar-refractivity contribution in [3.8, 4) is 11.5 Å². The lowest BCUT2D eigenvalue weighted by atomic mass is 10.2. The van der Waals surface area contributed by atoms with Gasteiger partial charge in [0, 0.05) is 31.4 Å². The van der Waals surface area contributed by atoms with E-state index in [1.807, 2.05) is 18.2 Å². The van der Waals surface area contributed by atoms with Gasteiger partial charge in [0.2, 0.25) is 6.79 Å². The molecule has 2 rings (SSSR count). The Bertz CT molecular complexity index is 341. The van der Waals surface area contributed by atoms with Gasteiger partial charge in [-0.1, -0.05) is 0 Å². The Kier molecular flexibility index (Phi) is 2.97. The highest BCUT2D eigenvalue weighted by atomic mass is 16.7. The maximum Gasteiger partial charge on any atom is 0.231 e. The Morgan fingerprint density at radius 2 is 2.13 bits per heavy atom. The molecule has 2 N–H and O–H groups in total. The molecule has 0 amide bonds. The fraction of sp³-hybridized carbons (Fsp3) is 0.455. The SMILES string of the molecule is CCN(CCN)c1ccc2c(c1)OCO2. The van der Waals surface area contributed by atoms with Gasteiger partial charge in [-0.3, -0.25) is 0 Å². The van der Waals surface area contributed by atoms with Crippen LogP contribution in [-0.2, 0) is 0 Å². The van der Waals surface area contributed by atoms with Gasteiger partial charge < -0.3 is 20.1 Å². The molecule has 82 valence electrons. The first kappa shape index (κ1) is 10.1. The first-order valence-electron chi connectivity index (χ1n) is 5.20. The average Bonchev–Trinajstić information content (AvgIpc) is 2.72. The van der Waals surface area contributed by atoms with Gasteiger partial charge in [-0.15, -0.1) is 0 Å². The second-order valence-corrected chi connectivity index (χ2v) is 3.41. The molecule has 0 unspecified atom stereocenters. The van der Waals surface area contributed by atoms with Crippen LogP contribution in [0.15, 0.2) is 18.2 Å². The molecule has 0 atom stereocenters. The Morgan fingerprint density at radius 1 is 1.33 bits per heavy atom. The molecule has 0 spiro atoms. The van der Waals surface area contributed by atoms with E-state index < -0.39 is 0 Å². The quantitative estimate of drug-likeness (QED) is 0.807. The minimum absolute atomic E-state index is 0.321. The van der Waals surface area contributed by atoms with E-state index in [2.05, 4.69) is 11.8 Å². The summed E-state index contributed by atoms with van der Waals surface area (Å²) in [4.78, 5) is 2.21. The summed E-state index contributed by atoms with van der Waals surface area (Å²) in [5.74, 6) is 1.64. The fourth-order valence-corrected chi connectivity index (χ4v) is 1.71. The van der Waals surface area contributed by atoms with Gasteiger partial charge in [0.1, 0.15) is 0 Å². The molecule has 0 saturated heterocycles. The van der Waals surface area contributed by atoms with E-state index >= 15 is 0 Å². The number of hydrogen-bond acceptors (Lipinski definition) is 4. The van der Waals surface area contributed by atoms with Gasteiger partial charge in [0.05, 0.1) is 0 Å². The van der Waals surface area contributed by atoms with E-state index in [1.54, 1.807) is 0 Å².